The average molecular weight is 181 g/mol. The van der Waals surface area contributed by atoms with Crippen LogP contribution in [0.1, 0.15) is 0 Å². The molecular formula is H2Cl2PSiTi. The molecule has 1 unspecified atom stereocenters. The molecule has 0 spiro atoms. The summed E-state index contributed by atoms with van der Waals surface area (Å²) >= 11 is 10.3. The molecule has 0 nitrogen and oxygen atoms in total. The van der Waals surface area contributed by atoms with E-state index in [0.717, 1.165) is 0 Å². The van der Waals surface area contributed by atoms with Gasteiger partial charge in [0.15, 0.2) is 0 Å². The van der Waals surface area contributed by atoms with E-state index in [1.165, 1.54) is 0 Å². The van der Waals surface area contributed by atoms with Crippen molar-refractivity contribution >= 4 is 38.0 Å². The smallest absolute Gasteiger partial charge is 0.141 e. The summed E-state index contributed by atoms with van der Waals surface area (Å²) in [6.07, 6.45) is 0. The van der Waals surface area contributed by atoms with Gasteiger partial charge in [-0.05, 0) is 0 Å². The average Bonchev–Trinajstić information content (AvgIpc) is 1.38. The Morgan fingerprint density at radius 1 is 1.80 bits per heavy atom. The van der Waals surface area contributed by atoms with E-state index >= 15 is 0 Å². The molecule has 0 aromatic heterocycles. The molecular weight excluding hydrogens is 178 g/mol. The first-order chi connectivity index (χ1) is 2.27. The zero-order valence-corrected chi connectivity index (χ0v) is 7.33. The minimum Gasteiger partial charge on any atom is -0.141 e. The van der Waals surface area contributed by atoms with Gasteiger partial charge in [0.25, 0.3) is 7.08 Å². The fourth-order valence-electron chi connectivity index (χ4n) is 0. The molecule has 0 fully saturated rings. The van der Waals surface area contributed by atoms with Gasteiger partial charge in [0, 0.05) is 21.7 Å². The number of rotatable bonds is 1. The first-order valence-corrected chi connectivity index (χ1v) is 5.65. The molecule has 0 rings (SSSR count). The summed E-state index contributed by atoms with van der Waals surface area (Å²) in [7, 11) is -1.24. The second kappa shape index (κ2) is 5.94. The number of halogens is 2. The van der Waals surface area contributed by atoms with Crippen molar-refractivity contribution in [3.8, 4) is 0 Å². The van der Waals surface area contributed by atoms with E-state index in [0.29, 0.717) is 0 Å². The summed E-state index contributed by atoms with van der Waals surface area (Å²) in [5, 5.41) is 0. The van der Waals surface area contributed by atoms with Crippen molar-refractivity contribution in [2.24, 2.45) is 0 Å². The van der Waals surface area contributed by atoms with E-state index in [2.05, 4.69) is 0 Å². The largest absolute Gasteiger partial charge is 0.294 e. The van der Waals surface area contributed by atoms with Crippen LogP contribution in [0.4, 0.5) is 0 Å². The quantitative estimate of drug-likeness (QED) is 0.325. The van der Waals surface area contributed by atoms with Crippen LogP contribution in [-0.2, 0) is 21.7 Å². The molecule has 0 aliphatic heterocycles. The molecule has 0 saturated heterocycles. The molecule has 5 heteroatoms. The molecule has 0 saturated carbocycles. The van der Waals surface area contributed by atoms with Crippen LogP contribution in [0.2, 0.25) is 0 Å². The van der Waals surface area contributed by atoms with E-state index < -0.39 is 7.08 Å². The predicted molar refractivity (Wildman–Crippen MR) is 27.2 cm³/mol. The zero-order valence-electron chi connectivity index (χ0n) is 3.26. The van der Waals surface area contributed by atoms with Crippen molar-refractivity contribution in [1.82, 2.24) is 0 Å². The first-order valence-electron chi connectivity index (χ1n) is 1.13. The second-order valence-electron chi connectivity index (χ2n) is 0.260. The molecule has 5 heavy (non-hydrogen) atoms. The normalized spacial score (nSPS) is 12.2. The number of hydrogen-bond donors (Lipinski definition) is 0. The molecule has 1 radical (unpaired) electrons. The Hall–Kier alpha value is 1.94. The molecule has 0 N–H and O–H groups in total. The van der Waals surface area contributed by atoms with Gasteiger partial charge < -0.3 is 0 Å². The van der Waals surface area contributed by atoms with Gasteiger partial charge in [-0.15, -0.1) is 30.9 Å². The minimum absolute atomic E-state index is 0. The molecule has 0 aliphatic carbocycles. The Bertz CT molecular complexity index is 27.5. The molecule has 29 valence electrons. The van der Waals surface area contributed by atoms with Gasteiger partial charge in [-0.3, -0.25) is 0 Å². The van der Waals surface area contributed by atoms with Crippen LogP contribution in [0.25, 0.3) is 0 Å². The van der Waals surface area contributed by atoms with Crippen molar-refractivity contribution in [1.29, 1.82) is 1.28 Å². The van der Waals surface area contributed by atoms with E-state index in [4.69, 9.17) is 23.4 Å². The summed E-state index contributed by atoms with van der Waals surface area (Å²) in [6.45, 7) is 0. The third kappa shape index (κ3) is 24.5. The fourth-order valence-corrected chi connectivity index (χ4v) is 0. The molecule has 0 heterocycles. The Morgan fingerprint density at radius 3 is 2.00 bits per heavy atom. The van der Waals surface area contributed by atoms with Gasteiger partial charge in [0.1, 0.15) is 0 Å². The maximum atomic E-state index is 6.47. The van der Waals surface area contributed by atoms with Crippen LogP contribution in [-0.4, -0.2) is 8.36 Å². The van der Waals surface area contributed by atoms with Crippen molar-refractivity contribution in [3.63, 3.8) is 0 Å². The molecule has 0 bridgehead atoms. The van der Waals surface area contributed by atoms with Gasteiger partial charge in [-0.1, -0.05) is 0 Å². The van der Waals surface area contributed by atoms with Crippen LogP contribution in [0, 0.1) is 0 Å². The fraction of sp³-hybridized carbons (Fsp3) is 0. The summed E-state index contributed by atoms with van der Waals surface area (Å²) < 4.78 is 6.47. The van der Waals surface area contributed by atoms with Gasteiger partial charge in [0.05, 0.1) is 1.28 Å². The summed E-state index contributed by atoms with van der Waals surface area (Å²) in [4.78, 5) is 0. The van der Waals surface area contributed by atoms with E-state index in [1.807, 2.05) is 0 Å². The van der Waals surface area contributed by atoms with E-state index in [-0.39, 0.29) is 30.5 Å². The molecule has 0 aromatic carbocycles. The first kappa shape index (κ1) is 6.94. The van der Waals surface area contributed by atoms with Crippen molar-refractivity contribution in [3.05, 3.63) is 0 Å². The third-order valence-electron chi connectivity index (χ3n) is 0. The van der Waals surface area contributed by atoms with Crippen LogP contribution < -0.4 is 0 Å². The topological polar surface area (TPSA) is 0 Å². The number of hydrogen-bond acceptors (Lipinski definition) is 0. The SMILES string of the molecule is [2H]P[Si](Cl)Cl.[Ti]. The Labute approximate surface area is 60.8 Å². The van der Waals surface area contributed by atoms with Crippen molar-refractivity contribution < 1.29 is 21.7 Å². The second-order valence-corrected chi connectivity index (χ2v) is 7.03. The zero-order chi connectivity index (χ0) is 4.28. The van der Waals surface area contributed by atoms with Gasteiger partial charge >= 0.3 is 0 Å². The molecule has 1 atom stereocenters. The van der Waals surface area contributed by atoms with Gasteiger partial charge in [-0.25, -0.2) is 0 Å². The Kier molecular flexibility index (Phi) is 8.25. The molecule has 0 aliphatic rings. The standard InChI is InChI=1S/Cl2H2PSi.Ti/c1-4(2)3;/h3H2;/i3D;. The summed E-state index contributed by atoms with van der Waals surface area (Å²) in [6, 6.07) is 0. The minimum atomic E-state index is -1.24. The predicted octanol–water partition coefficient (Wildman–Crippen LogP) is 1.32. The Morgan fingerprint density at radius 2 is 2.00 bits per heavy atom. The maximum absolute atomic E-state index is 6.47. The van der Waals surface area contributed by atoms with Crippen LogP contribution in [0.15, 0.2) is 0 Å². The van der Waals surface area contributed by atoms with Crippen LogP contribution >= 0.6 is 30.9 Å². The van der Waals surface area contributed by atoms with Crippen LogP contribution in [0.5, 0.6) is 0 Å². The van der Waals surface area contributed by atoms with E-state index in [1.54, 1.807) is 0 Å². The van der Waals surface area contributed by atoms with Crippen molar-refractivity contribution in [2.45, 2.75) is 0 Å². The van der Waals surface area contributed by atoms with E-state index in [9.17, 15) is 0 Å². The van der Waals surface area contributed by atoms with Gasteiger partial charge in [-0.2, -0.15) is 0 Å². The summed E-state index contributed by atoms with van der Waals surface area (Å²) in [5.41, 5.74) is 0. The monoisotopic (exact) mass is 180 g/mol. The van der Waals surface area contributed by atoms with Gasteiger partial charge in [0.2, 0.25) is 0 Å². The van der Waals surface area contributed by atoms with Crippen molar-refractivity contribution in [2.75, 3.05) is 0 Å². The van der Waals surface area contributed by atoms with Crippen LogP contribution in [0.3, 0.4) is 0 Å². The molecule has 0 amide bonds. The Balaban J connectivity index is 0. The molecule has 0 aromatic rings. The third-order valence-corrected chi connectivity index (χ3v) is 0. The maximum Gasteiger partial charge on any atom is 0.294 e. The summed E-state index contributed by atoms with van der Waals surface area (Å²) in [5.74, 6) is 0.